The number of aromatic nitrogens is 1. The third-order valence-corrected chi connectivity index (χ3v) is 5.52. The van der Waals surface area contributed by atoms with Crippen LogP contribution in [0.2, 0.25) is 0 Å². The number of carbonyl (C=O) groups is 1. The smallest absolute Gasteiger partial charge is 0.263 e. The lowest BCUT2D eigenvalue weighted by atomic mass is 10.1. The molecular formula is C22H26N4O2S. The van der Waals surface area contributed by atoms with Gasteiger partial charge in [0.15, 0.2) is 0 Å². The van der Waals surface area contributed by atoms with Crippen molar-refractivity contribution in [2.45, 2.75) is 19.3 Å². The van der Waals surface area contributed by atoms with Crippen LogP contribution >= 0.6 is 11.3 Å². The summed E-state index contributed by atoms with van der Waals surface area (Å²) in [7, 11) is 0. The summed E-state index contributed by atoms with van der Waals surface area (Å²) < 4.78 is 5.46. The number of nitrogens with two attached hydrogens (primary N) is 1. The van der Waals surface area contributed by atoms with Gasteiger partial charge in [-0.15, -0.1) is 17.9 Å². The third-order valence-electron chi connectivity index (χ3n) is 4.41. The number of dihydropyridines is 1. The lowest BCUT2D eigenvalue weighted by Crippen LogP contribution is -2.23. The molecule has 0 aromatic carbocycles. The highest BCUT2D eigenvalue weighted by Crippen LogP contribution is 2.33. The molecule has 0 saturated carbocycles. The maximum atomic E-state index is 12.5. The number of fused-ring (bicyclic) bond motifs is 1. The molecule has 1 aliphatic rings. The second-order valence-electron chi connectivity index (χ2n) is 6.56. The minimum Gasteiger partial charge on any atom is -0.397 e. The van der Waals surface area contributed by atoms with Crippen molar-refractivity contribution in [1.29, 1.82) is 0 Å². The van der Waals surface area contributed by atoms with E-state index < -0.39 is 0 Å². The van der Waals surface area contributed by atoms with Gasteiger partial charge in [0.25, 0.3) is 5.91 Å². The van der Waals surface area contributed by atoms with Crippen molar-refractivity contribution in [3.05, 3.63) is 53.6 Å². The highest BCUT2D eigenvalue weighted by molar-refractivity contribution is 7.21. The van der Waals surface area contributed by atoms with Gasteiger partial charge < -0.3 is 15.8 Å². The molecule has 0 radical (unpaired) electrons. The van der Waals surface area contributed by atoms with E-state index >= 15 is 0 Å². The Labute approximate surface area is 174 Å². The fraction of sp³-hybridized carbons (Fsp3) is 0.318. The largest absolute Gasteiger partial charge is 0.397 e. The maximum absolute atomic E-state index is 12.5. The molecule has 6 nitrogen and oxygen atoms in total. The van der Waals surface area contributed by atoms with Crippen molar-refractivity contribution in [2.24, 2.45) is 4.99 Å². The van der Waals surface area contributed by atoms with Crippen molar-refractivity contribution in [3.63, 3.8) is 0 Å². The summed E-state index contributed by atoms with van der Waals surface area (Å²) in [5.41, 5.74) is 8.54. The molecule has 0 bridgehead atoms. The Morgan fingerprint density at radius 1 is 1.38 bits per heavy atom. The minimum absolute atomic E-state index is 0.193. The van der Waals surface area contributed by atoms with Crippen LogP contribution in [0.3, 0.4) is 0 Å². The first-order valence-corrected chi connectivity index (χ1v) is 10.5. The number of hydrogen-bond acceptors (Lipinski definition) is 6. The van der Waals surface area contributed by atoms with Gasteiger partial charge in [-0.1, -0.05) is 24.3 Å². The van der Waals surface area contributed by atoms with E-state index in [4.69, 9.17) is 10.5 Å². The van der Waals surface area contributed by atoms with Crippen LogP contribution in [-0.2, 0) is 4.74 Å². The SMILES string of the molecule is C=CCCCOC/C=C\CNC(=O)c1sc2nc(C3=CCCN=C3)ccc2c1N. The van der Waals surface area contributed by atoms with Gasteiger partial charge >= 0.3 is 0 Å². The quantitative estimate of drug-likeness (QED) is 0.457. The summed E-state index contributed by atoms with van der Waals surface area (Å²) >= 11 is 1.31. The third kappa shape index (κ3) is 5.62. The van der Waals surface area contributed by atoms with E-state index in [1.807, 2.05) is 36.6 Å². The standard InChI is InChI=1S/C22H26N4O2S/c1-2-3-5-13-28-14-6-4-12-25-21(27)20-19(23)17-9-10-18(26-22(17)29-20)16-8-7-11-24-15-16/h2,4,6,8-10,15H,1,3,5,7,11-14,23H2,(H,25,27)/b6-4-. The number of thiophene rings is 1. The number of nitrogens with zero attached hydrogens (tertiary/aromatic N) is 2. The first-order chi connectivity index (χ1) is 14.2. The Kier molecular flexibility index (Phi) is 7.72. The Morgan fingerprint density at radius 2 is 2.28 bits per heavy atom. The topological polar surface area (TPSA) is 89.6 Å². The van der Waals surface area contributed by atoms with Crippen LogP contribution in [0, 0.1) is 0 Å². The first kappa shape index (κ1) is 21.0. The molecule has 0 spiro atoms. The minimum atomic E-state index is -0.193. The number of nitrogen functional groups attached to an aromatic ring is 1. The normalized spacial score (nSPS) is 13.7. The zero-order valence-corrected chi connectivity index (χ0v) is 17.2. The number of amides is 1. The van der Waals surface area contributed by atoms with Crippen molar-refractivity contribution in [1.82, 2.24) is 10.3 Å². The zero-order chi connectivity index (χ0) is 20.5. The van der Waals surface area contributed by atoms with Crippen LogP contribution < -0.4 is 11.1 Å². The second-order valence-corrected chi connectivity index (χ2v) is 7.56. The molecular weight excluding hydrogens is 384 g/mol. The van der Waals surface area contributed by atoms with Gasteiger partial charge in [0.2, 0.25) is 0 Å². The van der Waals surface area contributed by atoms with Crippen LogP contribution in [-0.4, -0.2) is 43.4 Å². The van der Waals surface area contributed by atoms with E-state index in [-0.39, 0.29) is 5.91 Å². The molecule has 3 N–H and O–H groups in total. The average molecular weight is 411 g/mol. The van der Waals surface area contributed by atoms with Gasteiger partial charge in [0.05, 0.1) is 18.0 Å². The Balaban J connectivity index is 1.57. The van der Waals surface area contributed by atoms with Gasteiger partial charge in [-0.25, -0.2) is 4.98 Å². The van der Waals surface area contributed by atoms with Crippen LogP contribution in [0.15, 0.2) is 48.0 Å². The molecule has 2 aromatic heterocycles. The Hall–Kier alpha value is -2.77. The highest BCUT2D eigenvalue weighted by atomic mass is 32.1. The molecule has 3 rings (SSSR count). The molecule has 7 heteroatoms. The van der Waals surface area contributed by atoms with Gasteiger partial charge in [-0.2, -0.15) is 0 Å². The fourth-order valence-electron chi connectivity index (χ4n) is 2.87. The van der Waals surface area contributed by atoms with Crippen molar-refractivity contribution < 1.29 is 9.53 Å². The van der Waals surface area contributed by atoms with Crippen LogP contribution in [0.5, 0.6) is 0 Å². The Morgan fingerprint density at radius 3 is 3.07 bits per heavy atom. The van der Waals surface area contributed by atoms with Crippen LogP contribution in [0.1, 0.15) is 34.6 Å². The van der Waals surface area contributed by atoms with Gasteiger partial charge in [0.1, 0.15) is 9.71 Å². The van der Waals surface area contributed by atoms with Crippen molar-refractivity contribution >= 4 is 44.9 Å². The second kappa shape index (κ2) is 10.7. The summed E-state index contributed by atoms with van der Waals surface area (Å²) in [6.07, 6.45) is 12.5. The maximum Gasteiger partial charge on any atom is 0.263 e. The predicted molar refractivity (Wildman–Crippen MR) is 122 cm³/mol. The van der Waals surface area contributed by atoms with Crippen LogP contribution in [0.4, 0.5) is 5.69 Å². The number of pyridine rings is 1. The lowest BCUT2D eigenvalue weighted by molar-refractivity contribution is 0.0962. The molecule has 2 aromatic rings. The number of anilines is 1. The van der Waals surface area contributed by atoms with E-state index in [0.29, 0.717) is 30.3 Å². The van der Waals surface area contributed by atoms with E-state index in [9.17, 15) is 4.79 Å². The summed E-state index contributed by atoms with van der Waals surface area (Å²) in [5, 5.41) is 3.67. The van der Waals surface area contributed by atoms with E-state index in [0.717, 1.165) is 47.3 Å². The molecule has 1 amide bonds. The molecule has 0 saturated heterocycles. The molecule has 152 valence electrons. The Bertz CT molecular complexity index is 959. The summed E-state index contributed by atoms with van der Waals surface area (Å²) in [4.78, 5) is 22.7. The van der Waals surface area contributed by atoms with Gasteiger partial charge in [-0.3, -0.25) is 9.79 Å². The number of allylic oxidation sites excluding steroid dienone is 2. The monoisotopic (exact) mass is 410 g/mol. The van der Waals surface area contributed by atoms with E-state index in [2.05, 4.69) is 27.9 Å². The number of carbonyl (C=O) groups excluding carboxylic acids is 1. The number of ether oxygens (including phenoxy) is 1. The number of rotatable bonds is 10. The number of aliphatic imine (C=N–C) groups is 1. The zero-order valence-electron chi connectivity index (χ0n) is 16.4. The van der Waals surface area contributed by atoms with Crippen molar-refractivity contribution in [3.8, 4) is 0 Å². The average Bonchev–Trinajstić information content (AvgIpc) is 3.09. The number of nitrogens with one attached hydrogen (secondary N) is 1. The lowest BCUT2D eigenvalue weighted by Gasteiger charge is -2.05. The molecule has 1 aliphatic heterocycles. The molecule has 3 heterocycles. The summed E-state index contributed by atoms with van der Waals surface area (Å²) in [5.74, 6) is -0.193. The van der Waals surface area contributed by atoms with Gasteiger partial charge in [-0.05, 0) is 31.4 Å². The van der Waals surface area contributed by atoms with Crippen molar-refractivity contribution in [2.75, 3.05) is 32.0 Å². The molecule has 29 heavy (non-hydrogen) atoms. The predicted octanol–water partition coefficient (Wildman–Crippen LogP) is 4.01. The number of unbranched alkanes of at least 4 members (excludes halogenated alkanes) is 1. The fourth-order valence-corrected chi connectivity index (χ4v) is 3.88. The van der Waals surface area contributed by atoms with Gasteiger partial charge in [0, 0.05) is 36.9 Å². The highest BCUT2D eigenvalue weighted by Gasteiger charge is 2.17. The number of hydrogen-bond donors (Lipinski definition) is 2. The summed E-state index contributed by atoms with van der Waals surface area (Å²) in [6, 6.07) is 3.85. The molecule has 0 fully saturated rings. The van der Waals surface area contributed by atoms with Crippen LogP contribution in [0.25, 0.3) is 15.8 Å². The summed E-state index contributed by atoms with van der Waals surface area (Å²) in [6.45, 7) is 6.15. The molecule has 0 aliphatic carbocycles. The van der Waals surface area contributed by atoms with E-state index in [1.165, 1.54) is 11.3 Å². The molecule has 0 unspecified atom stereocenters. The van der Waals surface area contributed by atoms with E-state index in [1.54, 1.807) is 0 Å². The molecule has 0 atom stereocenters. The first-order valence-electron chi connectivity index (χ1n) is 9.72.